The van der Waals surface area contributed by atoms with E-state index in [1.807, 2.05) is 67.5 Å². The quantitative estimate of drug-likeness (QED) is 0.335. The van der Waals surface area contributed by atoms with Crippen molar-refractivity contribution in [3.8, 4) is 0 Å². The minimum Gasteiger partial charge on any atom is -0.354 e. The third kappa shape index (κ3) is 6.84. The predicted molar refractivity (Wildman–Crippen MR) is 157 cm³/mol. The highest BCUT2D eigenvalue weighted by molar-refractivity contribution is 7.92. The van der Waals surface area contributed by atoms with Gasteiger partial charge >= 0.3 is 0 Å². The molecule has 1 heterocycles. The number of hydrogen-bond donors (Lipinski definition) is 3. The minimum atomic E-state index is -3.46. The van der Waals surface area contributed by atoms with E-state index in [1.165, 1.54) is 17.5 Å². The van der Waals surface area contributed by atoms with E-state index in [-0.39, 0.29) is 11.8 Å². The molecule has 3 N–H and O–H groups in total. The molecule has 10 heteroatoms. The average Bonchev–Trinajstić information content (AvgIpc) is 3.22. The maximum Gasteiger partial charge on any atom is 0.258 e. The van der Waals surface area contributed by atoms with Crippen LogP contribution in [0, 0.1) is 0 Å². The average molecular weight is 548 g/mol. The van der Waals surface area contributed by atoms with Gasteiger partial charge in [-0.05, 0) is 55.6 Å². The van der Waals surface area contributed by atoms with Gasteiger partial charge in [0.15, 0.2) is 0 Å². The summed E-state index contributed by atoms with van der Waals surface area (Å²) in [6.07, 6.45) is 1.20. The van der Waals surface area contributed by atoms with Crippen molar-refractivity contribution in [3.63, 3.8) is 0 Å². The number of anilines is 3. The number of nitrogens with zero attached hydrogens (tertiary/aromatic N) is 2. The van der Waals surface area contributed by atoms with Gasteiger partial charge in [-0.25, -0.2) is 8.42 Å². The molecule has 0 saturated carbocycles. The first-order valence-electron chi connectivity index (χ1n) is 12.5. The SMILES string of the molecule is CC(=O)NCc1ccc(C(Nc2ccc(N(CCN(C)C)S(C)(=O)=O)cc2)=C2C(=O)Nc3ccccc32)cc1. The van der Waals surface area contributed by atoms with Crippen LogP contribution in [0.2, 0.25) is 0 Å². The van der Waals surface area contributed by atoms with Crippen molar-refractivity contribution in [1.82, 2.24) is 10.2 Å². The zero-order valence-electron chi connectivity index (χ0n) is 22.5. The molecule has 9 nitrogen and oxygen atoms in total. The number of rotatable bonds is 10. The lowest BCUT2D eigenvalue weighted by atomic mass is 9.99. The van der Waals surface area contributed by atoms with Crippen molar-refractivity contribution < 1.29 is 18.0 Å². The van der Waals surface area contributed by atoms with Gasteiger partial charge in [0.1, 0.15) is 0 Å². The molecule has 0 atom stereocenters. The van der Waals surface area contributed by atoms with Crippen LogP contribution in [0.15, 0.2) is 72.8 Å². The molecule has 0 unspecified atom stereocenters. The van der Waals surface area contributed by atoms with Gasteiger partial charge in [0.05, 0.1) is 23.2 Å². The summed E-state index contributed by atoms with van der Waals surface area (Å²) in [5, 5.41) is 9.12. The molecule has 0 spiro atoms. The Morgan fingerprint density at radius 3 is 2.21 bits per heavy atom. The highest BCUT2D eigenvalue weighted by Gasteiger charge is 2.28. The van der Waals surface area contributed by atoms with Crippen LogP contribution in [-0.2, 0) is 26.2 Å². The Morgan fingerprint density at radius 2 is 1.59 bits per heavy atom. The molecule has 1 aliphatic rings. The van der Waals surface area contributed by atoms with Gasteiger partial charge in [0, 0.05) is 43.5 Å². The van der Waals surface area contributed by atoms with Gasteiger partial charge in [-0.2, -0.15) is 0 Å². The van der Waals surface area contributed by atoms with Crippen LogP contribution in [0.4, 0.5) is 17.1 Å². The Morgan fingerprint density at radius 1 is 0.923 bits per heavy atom. The molecule has 0 radical (unpaired) electrons. The largest absolute Gasteiger partial charge is 0.354 e. The van der Waals surface area contributed by atoms with Crippen LogP contribution in [0.1, 0.15) is 23.6 Å². The Balaban J connectivity index is 1.70. The fourth-order valence-corrected chi connectivity index (χ4v) is 5.21. The normalized spacial score (nSPS) is 14.0. The number of likely N-dealkylation sites (N-methyl/N-ethyl adjacent to an activating group) is 1. The molecule has 2 amide bonds. The lowest BCUT2D eigenvalue weighted by Crippen LogP contribution is -2.35. The maximum atomic E-state index is 13.1. The van der Waals surface area contributed by atoms with Gasteiger partial charge in [-0.1, -0.05) is 42.5 Å². The topological polar surface area (TPSA) is 111 Å². The number of hydrogen-bond acceptors (Lipinski definition) is 6. The van der Waals surface area contributed by atoms with Gasteiger partial charge in [0.25, 0.3) is 5.91 Å². The molecule has 1 aliphatic heterocycles. The van der Waals surface area contributed by atoms with E-state index >= 15 is 0 Å². The molecule has 0 aliphatic carbocycles. The number of fused-ring (bicyclic) bond motifs is 1. The maximum absolute atomic E-state index is 13.1. The Labute approximate surface area is 229 Å². The molecule has 3 aromatic carbocycles. The minimum absolute atomic E-state index is 0.109. The summed E-state index contributed by atoms with van der Waals surface area (Å²) in [4.78, 5) is 26.4. The Hall–Kier alpha value is -4.15. The summed E-state index contributed by atoms with van der Waals surface area (Å²) < 4.78 is 26.3. The number of nitrogens with one attached hydrogen (secondary N) is 3. The third-order valence-electron chi connectivity index (χ3n) is 6.28. The van der Waals surface area contributed by atoms with E-state index in [2.05, 4.69) is 16.0 Å². The molecule has 204 valence electrons. The highest BCUT2D eigenvalue weighted by Crippen LogP contribution is 2.37. The Bertz CT molecular complexity index is 1500. The summed E-state index contributed by atoms with van der Waals surface area (Å²) in [6, 6.07) is 22.2. The predicted octanol–water partition coefficient (Wildman–Crippen LogP) is 3.58. The van der Waals surface area contributed by atoms with E-state index < -0.39 is 10.0 Å². The van der Waals surface area contributed by atoms with E-state index in [9.17, 15) is 18.0 Å². The fourth-order valence-electron chi connectivity index (χ4n) is 4.29. The first kappa shape index (κ1) is 27.9. The van der Waals surface area contributed by atoms with Gasteiger partial charge in [-0.3, -0.25) is 13.9 Å². The van der Waals surface area contributed by atoms with Crippen molar-refractivity contribution in [2.24, 2.45) is 0 Å². The van der Waals surface area contributed by atoms with Crippen LogP contribution in [0.5, 0.6) is 0 Å². The van der Waals surface area contributed by atoms with Crippen molar-refractivity contribution in [3.05, 3.63) is 89.5 Å². The van der Waals surface area contributed by atoms with Crippen molar-refractivity contribution in [2.75, 3.05) is 48.4 Å². The van der Waals surface area contributed by atoms with E-state index in [0.29, 0.717) is 42.3 Å². The second-order valence-corrected chi connectivity index (χ2v) is 11.6. The summed E-state index contributed by atoms with van der Waals surface area (Å²) in [6.45, 7) is 2.79. The number of carbonyl (C=O) groups excluding carboxylic acids is 2. The van der Waals surface area contributed by atoms with Crippen molar-refractivity contribution in [1.29, 1.82) is 0 Å². The zero-order chi connectivity index (χ0) is 28.2. The molecule has 0 bridgehead atoms. The number of benzene rings is 3. The number of amides is 2. The molecular weight excluding hydrogens is 514 g/mol. The van der Waals surface area contributed by atoms with Crippen LogP contribution in [-0.4, -0.2) is 58.6 Å². The first-order valence-corrected chi connectivity index (χ1v) is 14.4. The smallest absolute Gasteiger partial charge is 0.258 e. The molecular formula is C29H33N5O4S. The summed E-state index contributed by atoms with van der Waals surface area (Å²) in [7, 11) is 0.327. The molecule has 4 rings (SSSR count). The third-order valence-corrected chi connectivity index (χ3v) is 7.48. The van der Waals surface area contributed by atoms with E-state index in [1.54, 1.807) is 24.3 Å². The lowest BCUT2D eigenvalue weighted by Gasteiger charge is -2.24. The van der Waals surface area contributed by atoms with Crippen LogP contribution in [0.25, 0.3) is 11.3 Å². The van der Waals surface area contributed by atoms with Crippen LogP contribution >= 0.6 is 0 Å². The molecule has 3 aromatic rings. The van der Waals surface area contributed by atoms with Crippen LogP contribution < -0.4 is 20.3 Å². The van der Waals surface area contributed by atoms with Gasteiger partial charge < -0.3 is 20.9 Å². The monoisotopic (exact) mass is 547 g/mol. The highest BCUT2D eigenvalue weighted by atomic mass is 32.2. The van der Waals surface area contributed by atoms with Crippen LogP contribution in [0.3, 0.4) is 0 Å². The van der Waals surface area contributed by atoms with Crippen molar-refractivity contribution in [2.45, 2.75) is 13.5 Å². The number of sulfonamides is 1. The Kier molecular flexibility index (Phi) is 8.37. The zero-order valence-corrected chi connectivity index (χ0v) is 23.3. The molecule has 39 heavy (non-hydrogen) atoms. The molecule has 0 fully saturated rings. The lowest BCUT2D eigenvalue weighted by molar-refractivity contribution is -0.119. The summed E-state index contributed by atoms with van der Waals surface area (Å²) >= 11 is 0. The molecule has 0 saturated heterocycles. The van der Waals surface area contributed by atoms with E-state index in [0.717, 1.165) is 22.4 Å². The summed E-state index contributed by atoms with van der Waals surface area (Å²) in [5.41, 5.74) is 5.62. The van der Waals surface area contributed by atoms with Crippen molar-refractivity contribution >= 4 is 50.2 Å². The summed E-state index contributed by atoms with van der Waals surface area (Å²) in [5.74, 6) is -0.327. The molecule has 0 aromatic heterocycles. The number of carbonyl (C=O) groups is 2. The second kappa shape index (κ2) is 11.7. The first-order chi connectivity index (χ1) is 18.5. The van der Waals surface area contributed by atoms with Gasteiger partial charge in [-0.15, -0.1) is 0 Å². The van der Waals surface area contributed by atoms with Gasteiger partial charge in [0.2, 0.25) is 15.9 Å². The van der Waals surface area contributed by atoms with E-state index in [4.69, 9.17) is 0 Å². The number of para-hydroxylation sites is 1. The second-order valence-electron chi connectivity index (χ2n) is 9.67. The fraction of sp³-hybridized carbons (Fsp3) is 0.241. The standard InChI is InChI=1S/C29H33N5O4S/c1-20(35)30-19-21-9-11-22(12-10-21)28(27-25-7-5-6-8-26(25)32-29(27)36)31-23-13-15-24(16-14-23)34(39(4,37)38)18-17-33(2)3/h5-16,31H,17-19H2,1-4H3,(H,30,35)(H,32,36).